The molecule has 1 amide bonds. The van der Waals surface area contributed by atoms with Gasteiger partial charge in [0.05, 0.1) is 22.2 Å². The van der Waals surface area contributed by atoms with Crippen LogP contribution in [0.25, 0.3) is 10.2 Å². The van der Waals surface area contributed by atoms with Crippen LogP contribution in [0.5, 0.6) is 0 Å². The number of amides is 1. The number of piperidine rings is 1. The number of nitrogens with zero attached hydrogens (tertiary/aromatic N) is 2. The number of para-hydroxylation sites is 1. The number of carbonyl (C=O) groups is 1. The molecule has 2 heterocycles. The van der Waals surface area contributed by atoms with Gasteiger partial charge in [0.25, 0.3) is 0 Å². The number of fused-ring (bicyclic) bond motifs is 1. The van der Waals surface area contributed by atoms with E-state index in [1.54, 1.807) is 11.3 Å². The largest absolute Gasteiger partial charge is 0.379 e. The fourth-order valence-corrected chi connectivity index (χ4v) is 4.11. The van der Waals surface area contributed by atoms with Gasteiger partial charge in [0.1, 0.15) is 0 Å². The lowest BCUT2D eigenvalue weighted by molar-refractivity contribution is -0.125. The highest BCUT2D eigenvalue weighted by atomic mass is 32.1. The van der Waals surface area contributed by atoms with Crippen molar-refractivity contribution in [3.05, 3.63) is 24.3 Å². The molecule has 1 N–H and O–H groups in total. The molecule has 3 rings (SSSR count). The van der Waals surface area contributed by atoms with Gasteiger partial charge in [-0.05, 0) is 45.2 Å². The van der Waals surface area contributed by atoms with E-state index >= 15 is 0 Å². The number of rotatable bonds is 7. The van der Waals surface area contributed by atoms with Gasteiger partial charge in [-0.3, -0.25) is 4.79 Å². The van der Waals surface area contributed by atoms with E-state index in [1.807, 2.05) is 32.0 Å². The van der Waals surface area contributed by atoms with Gasteiger partial charge in [0.15, 0.2) is 5.13 Å². The quantitative estimate of drug-likeness (QED) is 0.768. The summed E-state index contributed by atoms with van der Waals surface area (Å²) in [5, 5.41) is 4.09. The van der Waals surface area contributed by atoms with Crippen molar-refractivity contribution in [1.29, 1.82) is 0 Å². The third-order valence-corrected chi connectivity index (χ3v) is 5.51. The molecule has 1 aliphatic heterocycles. The molecule has 1 aliphatic rings. The predicted molar refractivity (Wildman–Crippen MR) is 103 cm³/mol. The van der Waals surface area contributed by atoms with Gasteiger partial charge >= 0.3 is 0 Å². The summed E-state index contributed by atoms with van der Waals surface area (Å²) in [4.78, 5) is 19.4. The third kappa shape index (κ3) is 4.92. The number of ether oxygens (including phenoxy) is 1. The molecular weight excluding hydrogens is 334 g/mol. The minimum Gasteiger partial charge on any atom is -0.379 e. The summed E-state index contributed by atoms with van der Waals surface area (Å²) in [5.41, 5.74) is 1.04. The lowest BCUT2D eigenvalue weighted by Crippen LogP contribution is -2.43. The van der Waals surface area contributed by atoms with Gasteiger partial charge in [-0.15, -0.1) is 0 Å². The van der Waals surface area contributed by atoms with Crippen molar-refractivity contribution in [1.82, 2.24) is 10.3 Å². The normalized spacial score (nSPS) is 18.0. The van der Waals surface area contributed by atoms with Crippen molar-refractivity contribution in [2.24, 2.45) is 5.92 Å². The molecule has 1 saturated heterocycles. The molecule has 1 unspecified atom stereocenters. The number of benzene rings is 1. The molecule has 2 aromatic rings. The third-order valence-electron chi connectivity index (χ3n) is 4.42. The predicted octanol–water partition coefficient (Wildman–Crippen LogP) is 3.44. The maximum atomic E-state index is 12.4. The molecule has 136 valence electrons. The van der Waals surface area contributed by atoms with Crippen LogP contribution in [0.2, 0.25) is 0 Å². The summed E-state index contributed by atoms with van der Waals surface area (Å²) in [6.45, 7) is 7.16. The Labute approximate surface area is 153 Å². The van der Waals surface area contributed by atoms with Crippen molar-refractivity contribution in [2.75, 3.05) is 31.1 Å². The maximum absolute atomic E-state index is 12.4. The average Bonchev–Trinajstić information content (AvgIpc) is 3.05. The van der Waals surface area contributed by atoms with Gasteiger partial charge in [-0.1, -0.05) is 23.5 Å². The molecule has 0 aliphatic carbocycles. The number of aromatic nitrogens is 1. The van der Waals surface area contributed by atoms with E-state index in [0.29, 0.717) is 13.2 Å². The molecule has 25 heavy (non-hydrogen) atoms. The first-order valence-electron chi connectivity index (χ1n) is 9.13. The minimum absolute atomic E-state index is 0.0479. The van der Waals surface area contributed by atoms with Gasteiger partial charge in [0.2, 0.25) is 5.91 Å². The Kier molecular flexibility index (Phi) is 6.26. The van der Waals surface area contributed by atoms with Crippen LogP contribution in [0.1, 0.15) is 33.1 Å². The Bertz CT molecular complexity index is 668. The van der Waals surface area contributed by atoms with E-state index in [0.717, 1.165) is 43.0 Å². The van der Waals surface area contributed by atoms with Gasteiger partial charge in [0, 0.05) is 26.2 Å². The Balaban J connectivity index is 1.51. The van der Waals surface area contributed by atoms with Gasteiger partial charge in [-0.2, -0.15) is 0 Å². The van der Waals surface area contributed by atoms with Gasteiger partial charge in [-0.25, -0.2) is 4.98 Å². The fourth-order valence-electron chi connectivity index (χ4n) is 3.11. The molecule has 6 heteroatoms. The molecule has 1 fully saturated rings. The van der Waals surface area contributed by atoms with Crippen molar-refractivity contribution < 1.29 is 9.53 Å². The van der Waals surface area contributed by atoms with Crippen molar-refractivity contribution >= 4 is 32.6 Å². The zero-order chi connectivity index (χ0) is 17.6. The molecule has 0 saturated carbocycles. The maximum Gasteiger partial charge on any atom is 0.224 e. The van der Waals surface area contributed by atoms with E-state index in [2.05, 4.69) is 16.3 Å². The highest BCUT2D eigenvalue weighted by Crippen LogP contribution is 2.31. The lowest BCUT2D eigenvalue weighted by Gasteiger charge is -2.31. The first kappa shape index (κ1) is 18.1. The number of nitrogens with one attached hydrogen (secondary N) is 1. The van der Waals surface area contributed by atoms with E-state index in [9.17, 15) is 4.79 Å². The second kappa shape index (κ2) is 8.63. The minimum atomic E-state index is 0.0479. The Morgan fingerprint density at radius 1 is 1.44 bits per heavy atom. The molecular formula is C19H27N3O2S. The van der Waals surface area contributed by atoms with Crippen LogP contribution in [-0.4, -0.2) is 43.2 Å². The Morgan fingerprint density at radius 2 is 2.28 bits per heavy atom. The smallest absolute Gasteiger partial charge is 0.224 e. The van der Waals surface area contributed by atoms with Crippen LogP contribution >= 0.6 is 11.3 Å². The van der Waals surface area contributed by atoms with E-state index in [4.69, 9.17) is 9.72 Å². The number of thiazole rings is 1. The summed E-state index contributed by atoms with van der Waals surface area (Å²) in [6.07, 6.45) is 3.09. The summed E-state index contributed by atoms with van der Waals surface area (Å²) < 4.78 is 6.71. The highest BCUT2D eigenvalue weighted by molar-refractivity contribution is 7.22. The van der Waals surface area contributed by atoms with Crippen LogP contribution in [0.4, 0.5) is 5.13 Å². The molecule has 0 spiro atoms. The zero-order valence-corrected chi connectivity index (χ0v) is 15.8. The molecule has 1 aromatic heterocycles. The molecule has 0 radical (unpaired) electrons. The van der Waals surface area contributed by atoms with E-state index < -0.39 is 0 Å². The molecule has 5 nitrogen and oxygen atoms in total. The molecule has 0 bridgehead atoms. The number of hydrogen-bond acceptors (Lipinski definition) is 5. The van der Waals surface area contributed by atoms with Crippen molar-refractivity contribution in [3.63, 3.8) is 0 Å². The Morgan fingerprint density at radius 3 is 3.08 bits per heavy atom. The van der Waals surface area contributed by atoms with Crippen LogP contribution in [-0.2, 0) is 9.53 Å². The number of carbonyl (C=O) groups excluding carboxylic acids is 1. The summed E-state index contributed by atoms with van der Waals surface area (Å²) in [6, 6.07) is 8.20. The average molecular weight is 362 g/mol. The van der Waals surface area contributed by atoms with Crippen LogP contribution in [0.15, 0.2) is 24.3 Å². The topological polar surface area (TPSA) is 54.5 Å². The lowest BCUT2D eigenvalue weighted by atomic mass is 9.97. The highest BCUT2D eigenvalue weighted by Gasteiger charge is 2.27. The Hall–Kier alpha value is -1.66. The van der Waals surface area contributed by atoms with E-state index in [-0.39, 0.29) is 17.9 Å². The zero-order valence-electron chi connectivity index (χ0n) is 15.0. The first-order chi connectivity index (χ1) is 12.1. The molecule has 1 aromatic carbocycles. The summed E-state index contributed by atoms with van der Waals surface area (Å²) in [7, 11) is 0. The van der Waals surface area contributed by atoms with Crippen LogP contribution in [0, 0.1) is 5.92 Å². The second-order valence-electron chi connectivity index (χ2n) is 6.81. The first-order valence-corrected chi connectivity index (χ1v) is 9.95. The number of hydrogen-bond donors (Lipinski definition) is 1. The summed E-state index contributed by atoms with van der Waals surface area (Å²) >= 11 is 1.71. The van der Waals surface area contributed by atoms with E-state index in [1.165, 1.54) is 4.70 Å². The molecule has 1 atom stereocenters. The van der Waals surface area contributed by atoms with Crippen molar-refractivity contribution in [3.8, 4) is 0 Å². The summed E-state index contributed by atoms with van der Waals surface area (Å²) in [5.74, 6) is 0.210. The SMILES string of the molecule is CC(C)OCCCNC(=O)C1CCCN(c2nc3ccccc3s2)C1. The van der Waals surface area contributed by atoms with Crippen LogP contribution < -0.4 is 10.2 Å². The standard InChI is InChI=1S/C19H27N3O2S/c1-14(2)24-12-6-10-20-18(23)15-7-5-11-22(13-15)19-21-16-8-3-4-9-17(16)25-19/h3-4,8-9,14-15H,5-7,10-13H2,1-2H3,(H,20,23). The van der Waals surface area contributed by atoms with Gasteiger partial charge < -0.3 is 15.0 Å². The van der Waals surface area contributed by atoms with Crippen molar-refractivity contribution in [2.45, 2.75) is 39.2 Å². The monoisotopic (exact) mass is 361 g/mol. The van der Waals surface area contributed by atoms with Crippen LogP contribution in [0.3, 0.4) is 0 Å². The number of anilines is 1. The second-order valence-corrected chi connectivity index (χ2v) is 7.82. The fraction of sp³-hybridized carbons (Fsp3) is 0.579.